The van der Waals surface area contributed by atoms with Gasteiger partial charge in [0, 0.05) is 24.2 Å². The van der Waals surface area contributed by atoms with Crippen LogP contribution in [0.5, 0.6) is 11.6 Å². The highest BCUT2D eigenvalue weighted by molar-refractivity contribution is 5.84. The summed E-state index contributed by atoms with van der Waals surface area (Å²) >= 11 is 0. The van der Waals surface area contributed by atoms with E-state index in [9.17, 15) is 0 Å². The topological polar surface area (TPSA) is 59.9 Å². The van der Waals surface area contributed by atoms with Crippen LogP contribution in [-0.2, 0) is 0 Å². The first-order chi connectivity index (χ1) is 10.3. The van der Waals surface area contributed by atoms with Gasteiger partial charge in [-0.25, -0.2) is 4.98 Å². The molecule has 0 bridgehead atoms. The maximum atomic E-state index is 5.91. The summed E-state index contributed by atoms with van der Waals surface area (Å²) in [7, 11) is 0. The highest BCUT2D eigenvalue weighted by Crippen LogP contribution is 2.28. The molecule has 0 aliphatic rings. The van der Waals surface area contributed by atoms with Crippen LogP contribution in [0.25, 0.3) is 10.9 Å². The van der Waals surface area contributed by atoms with Crippen LogP contribution in [0.2, 0.25) is 0 Å². The third-order valence-electron chi connectivity index (χ3n) is 2.98. The van der Waals surface area contributed by atoms with E-state index in [1.54, 1.807) is 12.3 Å². The second kappa shape index (κ2) is 5.75. The number of nitrogens with zero attached hydrogens (tertiary/aromatic N) is 3. The minimum absolute atomic E-state index is 0.511. The number of ether oxygens (including phenoxy) is 1. The normalized spacial score (nSPS) is 10.6. The van der Waals surface area contributed by atoms with Crippen molar-refractivity contribution in [2.24, 2.45) is 0 Å². The summed E-state index contributed by atoms with van der Waals surface area (Å²) in [6.07, 6.45) is 1.75. The Morgan fingerprint density at radius 1 is 1.14 bits per heavy atom. The number of rotatable bonds is 4. The van der Waals surface area contributed by atoms with E-state index in [-0.39, 0.29) is 0 Å². The molecule has 0 fully saturated rings. The van der Waals surface area contributed by atoms with Gasteiger partial charge in [-0.1, -0.05) is 18.2 Å². The molecule has 1 N–H and O–H groups in total. The van der Waals surface area contributed by atoms with Crippen LogP contribution in [0.4, 0.5) is 5.82 Å². The number of para-hydroxylation sites is 1. The lowest BCUT2D eigenvalue weighted by molar-refractivity contribution is 0.464. The number of pyridine rings is 1. The van der Waals surface area contributed by atoms with Gasteiger partial charge in [-0.2, -0.15) is 4.98 Å². The van der Waals surface area contributed by atoms with Crippen molar-refractivity contribution in [3.05, 3.63) is 48.4 Å². The number of hydrogen-bond donors (Lipinski definition) is 1. The number of nitrogens with one attached hydrogen (secondary N) is 1. The van der Waals surface area contributed by atoms with E-state index in [0.717, 1.165) is 23.3 Å². The number of fused-ring (bicyclic) bond motifs is 1. The van der Waals surface area contributed by atoms with E-state index >= 15 is 0 Å². The zero-order valence-electron chi connectivity index (χ0n) is 12.0. The highest BCUT2D eigenvalue weighted by atomic mass is 16.5. The van der Waals surface area contributed by atoms with Gasteiger partial charge in [0.05, 0.1) is 0 Å². The molecule has 0 aliphatic carbocycles. The summed E-state index contributed by atoms with van der Waals surface area (Å²) in [5, 5.41) is 4.20. The second-order valence-corrected chi connectivity index (χ2v) is 4.60. The van der Waals surface area contributed by atoms with Crippen LogP contribution in [0, 0.1) is 6.92 Å². The smallest absolute Gasteiger partial charge is 0.224 e. The van der Waals surface area contributed by atoms with Crippen LogP contribution in [0.3, 0.4) is 0 Å². The van der Waals surface area contributed by atoms with E-state index in [4.69, 9.17) is 4.74 Å². The lowest BCUT2D eigenvalue weighted by Crippen LogP contribution is -2.02. The number of aryl methyl sites for hydroxylation is 1. The molecule has 0 aliphatic heterocycles. The van der Waals surface area contributed by atoms with Crippen molar-refractivity contribution >= 4 is 16.7 Å². The van der Waals surface area contributed by atoms with Gasteiger partial charge in [0.2, 0.25) is 5.88 Å². The van der Waals surface area contributed by atoms with Gasteiger partial charge < -0.3 is 10.1 Å². The summed E-state index contributed by atoms with van der Waals surface area (Å²) in [5.41, 5.74) is 0.821. The SMILES string of the molecule is CCNc1cc(Oc2cccc3cccnc23)nc(C)n1. The third kappa shape index (κ3) is 2.91. The summed E-state index contributed by atoms with van der Waals surface area (Å²) in [6.45, 7) is 4.66. The molecule has 5 heteroatoms. The van der Waals surface area contributed by atoms with Crippen molar-refractivity contribution in [1.82, 2.24) is 15.0 Å². The van der Waals surface area contributed by atoms with E-state index in [2.05, 4.69) is 20.3 Å². The molecule has 0 atom stereocenters. The maximum Gasteiger partial charge on any atom is 0.224 e. The lowest BCUT2D eigenvalue weighted by Gasteiger charge is -2.09. The minimum atomic E-state index is 0.511. The first kappa shape index (κ1) is 13.3. The largest absolute Gasteiger partial charge is 0.437 e. The molecule has 21 heavy (non-hydrogen) atoms. The molecule has 1 aromatic carbocycles. The Kier molecular flexibility index (Phi) is 3.64. The highest BCUT2D eigenvalue weighted by Gasteiger charge is 2.07. The fourth-order valence-corrected chi connectivity index (χ4v) is 2.14. The van der Waals surface area contributed by atoms with Gasteiger partial charge in [0.25, 0.3) is 0 Å². The van der Waals surface area contributed by atoms with Gasteiger partial charge in [-0.15, -0.1) is 0 Å². The average molecular weight is 280 g/mol. The minimum Gasteiger partial charge on any atom is -0.437 e. The molecule has 3 aromatic rings. The Morgan fingerprint density at radius 2 is 2.00 bits per heavy atom. The van der Waals surface area contributed by atoms with Crippen molar-refractivity contribution in [3.63, 3.8) is 0 Å². The molecule has 0 spiro atoms. The molecule has 5 nitrogen and oxygen atoms in total. The number of benzene rings is 1. The number of hydrogen-bond acceptors (Lipinski definition) is 5. The van der Waals surface area contributed by atoms with Gasteiger partial charge in [-0.05, 0) is 26.0 Å². The zero-order chi connectivity index (χ0) is 14.7. The fourth-order valence-electron chi connectivity index (χ4n) is 2.14. The predicted molar refractivity (Wildman–Crippen MR) is 82.7 cm³/mol. The van der Waals surface area contributed by atoms with Gasteiger partial charge in [0.15, 0.2) is 5.75 Å². The Hall–Kier alpha value is -2.69. The molecule has 0 unspecified atom stereocenters. The molecule has 106 valence electrons. The monoisotopic (exact) mass is 280 g/mol. The summed E-state index contributed by atoms with van der Waals surface area (Å²) in [6, 6.07) is 11.5. The molecular weight excluding hydrogens is 264 g/mol. The van der Waals surface area contributed by atoms with E-state index in [1.165, 1.54) is 0 Å². The van der Waals surface area contributed by atoms with Crippen molar-refractivity contribution in [2.75, 3.05) is 11.9 Å². The molecular formula is C16H16N4O. The average Bonchev–Trinajstić information content (AvgIpc) is 2.47. The van der Waals surface area contributed by atoms with E-state index in [0.29, 0.717) is 17.5 Å². The Bertz CT molecular complexity index is 768. The zero-order valence-corrected chi connectivity index (χ0v) is 12.0. The van der Waals surface area contributed by atoms with Crippen LogP contribution >= 0.6 is 0 Å². The van der Waals surface area contributed by atoms with Crippen LogP contribution in [-0.4, -0.2) is 21.5 Å². The van der Waals surface area contributed by atoms with E-state index in [1.807, 2.05) is 44.2 Å². The van der Waals surface area contributed by atoms with Crippen molar-refractivity contribution in [3.8, 4) is 11.6 Å². The number of anilines is 1. The molecule has 0 amide bonds. The predicted octanol–water partition coefficient (Wildman–Crippen LogP) is 3.56. The van der Waals surface area contributed by atoms with Gasteiger partial charge >= 0.3 is 0 Å². The summed E-state index contributed by atoms with van der Waals surface area (Å²) < 4.78 is 5.91. The molecule has 2 heterocycles. The van der Waals surface area contributed by atoms with Crippen molar-refractivity contribution in [1.29, 1.82) is 0 Å². The molecule has 0 radical (unpaired) electrons. The van der Waals surface area contributed by atoms with Crippen molar-refractivity contribution in [2.45, 2.75) is 13.8 Å². The lowest BCUT2D eigenvalue weighted by atomic mass is 10.2. The molecule has 0 saturated carbocycles. The standard InChI is InChI=1S/C16H16N4O/c1-3-17-14-10-15(20-11(2)19-14)21-13-8-4-6-12-7-5-9-18-16(12)13/h4-10H,3H2,1-2H3,(H,17,19,20). The summed E-state index contributed by atoms with van der Waals surface area (Å²) in [5.74, 6) is 2.62. The third-order valence-corrected chi connectivity index (χ3v) is 2.98. The van der Waals surface area contributed by atoms with Crippen LogP contribution < -0.4 is 10.1 Å². The second-order valence-electron chi connectivity index (χ2n) is 4.60. The van der Waals surface area contributed by atoms with E-state index < -0.39 is 0 Å². The van der Waals surface area contributed by atoms with Gasteiger partial charge in [0.1, 0.15) is 17.2 Å². The maximum absolute atomic E-state index is 5.91. The van der Waals surface area contributed by atoms with Crippen LogP contribution in [0.15, 0.2) is 42.6 Å². The fraction of sp³-hybridized carbons (Fsp3) is 0.188. The number of aromatic nitrogens is 3. The van der Waals surface area contributed by atoms with Gasteiger partial charge in [-0.3, -0.25) is 4.98 Å². The Morgan fingerprint density at radius 3 is 2.86 bits per heavy atom. The first-order valence-corrected chi connectivity index (χ1v) is 6.87. The van der Waals surface area contributed by atoms with Crippen LogP contribution in [0.1, 0.15) is 12.7 Å². The summed E-state index contributed by atoms with van der Waals surface area (Å²) in [4.78, 5) is 13.0. The molecule has 3 rings (SSSR count). The molecule has 0 saturated heterocycles. The van der Waals surface area contributed by atoms with Crippen molar-refractivity contribution < 1.29 is 4.74 Å². The Balaban J connectivity index is 1.98. The molecule has 2 aromatic heterocycles. The Labute approximate surface area is 123 Å². The first-order valence-electron chi connectivity index (χ1n) is 6.87. The quantitative estimate of drug-likeness (QED) is 0.791.